The summed E-state index contributed by atoms with van der Waals surface area (Å²) in [4.78, 5) is 22.2. The van der Waals surface area contributed by atoms with Gasteiger partial charge >= 0.3 is 5.97 Å². The van der Waals surface area contributed by atoms with Crippen molar-refractivity contribution in [2.24, 2.45) is 0 Å². The van der Waals surface area contributed by atoms with Gasteiger partial charge in [-0.15, -0.1) is 0 Å². The molecular weight excluding hydrogens is 268 g/mol. The number of methoxy groups -OCH3 is 1. The van der Waals surface area contributed by atoms with Crippen LogP contribution in [0.2, 0.25) is 0 Å². The first-order chi connectivity index (χ1) is 10.2. The molecule has 2 aromatic rings. The van der Waals surface area contributed by atoms with Crippen molar-refractivity contribution >= 4 is 18.3 Å². The lowest BCUT2D eigenvalue weighted by molar-refractivity contribution is -0.128. The van der Waals surface area contributed by atoms with E-state index >= 15 is 0 Å². The Morgan fingerprint density at radius 2 is 1.48 bits per heavy atom. The van der Waals surface area contributed by atoms with E-state index in [9.17, 15) is 9.59 Å². The molecule has 0 amide bonds. The van der Waals surface area contributed by atoms with Gasteiger partial charge in [0.1, 0.15) is 17.8 Å². The zero-order valence-electron chi connectivity index (χ0n) is 11.5. The number of carbonyl (C=O) groups is 2. The van der Waals surface area contributed by atoms with Gasteiger partial charge in [-0.25, -0.2) is 4.79 Å². The molecule has 0 radical (unpaired) electrons. The Morgan fingerprint density at radius 3 is 2.05 bits per heavy atom. The van der Waals surface area contributed by atoms with E-state index in [1.54, 1.807) is 37.5 Å². The van der Waals surface area contributed by atoms with E-state index in [2.05, 4.69) is 0 Å². The minimum absolute atomic E-state index is 0.394. The van der Waals surface area contributed by atoms with E-state index in [1.165, 1.54) is 6.08 Å². The van der Waals surface area contributed by atoms with Crippen LogP contribution in [-0.4, -0.2) is 19.4 Å². The summed E-state index contributed by atoms with van der Waals surface area (Å²) in [6.07, 6.45) is 3.73. The first kappa shape index (κ1) is 14.5. The van der Waals surface area contributed by atoms with Crippen LogP contribution in [0, 0.1) is 0 Å². The number of benzene rings is 2. The molecule has 0 bridgehead atoms. The molecule has 2 rings (SSSR count). The van der Waals surface area contributed by atoms with Crippen molar-refractivity contribution < 1.29 is 19.1 Å². The Hall–Kier alpha value is -2.88. The Labute approximate surface area is 122 Å². The van der Waals surface area contributed by atoms with E-state index in [4.69, 9.17) is 9.47 Å². The number of rotatable bonds is 5. The van der Waals surface area contributed by atoms with Gasteiger partial charge in [0, 0.05) is 11.6 Å². The lowest BCUT2D eigenvalue weighted by Crippen LogP contribution is -2.03. The van der Waals surface area contributed by atoms with Crippen molar-refractivity contribution in [2.45, 2.75) is 0 Å². The standard InChI is InChI=1S/C17H14O4/c1-20-15-7-2-13(3-8-15)6-11-17(19)21-16-9-4-14(12-18)5-10-16/h2-12H,1H3. The van der Waals surface area contributed by atoms with Gasteiger partial charge in [0.15, 0.2) is 0 Å². The molecule has 21 heavy (non-hydrogen) atoms. The smallest absolute Gasteiger partial charge is 0.336 e. The number of carbonyl (C=O) groups excluding carboxylic acids is 2. The normalized spacial score (nSPS) is 10.3. The second kappa shape index (κ2) is 7.05. The topological polar surface area (TPSA) is 52.6 Å². The number of hydrogen-bond donors (Lipinski definition) is 0. The van der Waals surface area contributed by atoms with E-state index in [0.717, 1.165) is 17.6 Å². The predicted octanol–water partition coefficient (Wildman–Crippen LogP) is 3.13. The largest absolute Gasteiger partial charge is 0.497 e. The molecule has 0 saturated heterocycles. The minimum atomic E-state index is -0.482. The molecule has 0 heterocycles. The SMILES string of the molecule is COc1ccc(C=CC(=O)Oc2ccc(C=O)cc2)cc1. The van der Waals surface area contributed by atoms with Crippen molar-refractivity contribution in [3.8, 4) is 11.5 Å². The molecule has 0 N–H and O–H groups in total. The van der Waals surface area contributed by atoms with Crippen LogP contribution in [0.5, 0.6) is 11.5 Å². The van der Waals surface area contributed by atoms with Gasteiger partial charge in [0.05, 0.1) is 7.11 Å². The third kappa shape index (κ3) is 4.31. The van der Waals surface area contributed by atoms with Crippen LogP contribution >= 0.6 is 0 Å². The molecule has 0 saturated carbocycles. The Morgan fingerprint density at radius 1 is 0.905 bits per heavy atom. The zero-order chi connectivity index (χ0) is 15.1. The molecule has 106 valence electrons. The van der Waals surface area contributed by atoms with Crippen molar-refractivity contribution in [2.75, 3.05) is 7.11 Å². The number of hydrogen-bond acceptors (Lipinski definition) is 4. The molecule has 0 aliphatic carbocycles. The molecule has 4 heteroatoms. The average molecular weight is 282 g/mol. The first-order valence-electron chi connectivity index (χ1n) is 6.30. The van der Waals surface area contributed by atoms with Gasteiger partial charge in [-0.05, 0) is 48.0 Å². The molecule has 0 aromatic heterocycles. The molecule has 0 aliphatic heterocycles. The summed E-state index contributed by atoms with van der Waals surface area (Å²) in [5.41, 5.74) is 1.40. The first-order valence-corrected chi connectivity index (χ1v) is 6.30. The van der Waals surface area contributed by atoms with Crippen LogP contribution in [0.1, 0.15) is 15.9 Å². The fourth-order valence-electron chi connectivity index (χ4n) is 1.64. The van der Waals surface area contributed by atoms with Crippen LogP contribution in [0.3, 0.4) is 0 Å². The summed E-state index contributed by atoms with van der Waals surface area (Å²) in [7, 11) is 1.60. The zero-order valence-corrected chi connectivity index (χ0v) is 11.5. The number of ether oxygens (including phenoxy) is 2. The highest BCUT2D eigenvalue weighted by Crippen LogP contribution is 2.14. The number of aldehydes is 1. The second-order valence-electron chi connectivity index (χ2n) is 4.21. The van der Waals surface area contributed by atoms with Crippen molar-refractivity contribution in [1.82, 2.24) is 0 Å². The average Bonchev–Trinajstić information content (AvgIpc) is 2.54. The molecule has 0 aliphatic rings. The minimum Gasteiger partial charge on any atom is -0.497 e. The van der Waals surface area contributed by atoms with Crippen LogP contribution < -0.4 is 9.47 Å². The molecule has 0 atom stereocenters. The van der Waals surface area contributed by atoms with Crippen molar-refractivity contribution in [3.05, 3.63) is 65.7 Å². The Kier molecular flexibility index (Phi) is 4.88. The van der Waals surface area contributed by atoms with Gasteiger partial charge in [-0.2, -0.15) is 0 Å². The third-order valence-corrected chi connectivity index (χ3v) is 2.76. The second-order valence-corrected chi connectivity index (χ2v) is 4.21. The Bertz CT molecular complexity index is 639. The van der Waals surface area contributed by atoms with E-state index in [0.29, 0.717) is 11.3 Å². The fraction of sp³-hybridized carbons (Fsp3) is 0.0588. The van der Waals surface area contributed by atoms with Crippen LogP contribution in [-0.2, 0) is 4.79 Å². The van der Waals surface area contributed by atoms with Gasteiger partial charge in [-0.3, -0.25) is 4.79 Å². The van der Waals surface area contributed by atoms with E-state index in [-0.39, 0.29) is 0 Å². The molecule has 4 nitrogen and oxygen atoms in total. The monoisotopic (exact) mass is 282 g/mol. The van der Waals surface area contributed by atoms with E-state index < -0.39 is 5.97 Å². The van der Waals surface area contributed by atoms with Crippen LogP contribution in [0.25, 0.3) is 6.08 Å². The van der Waals surface area contributed by atoms with E-state index in [1.807, 2.05) is 24.3 Å². The maximum atomic E-state index is 11.7. The van der Waals surface area contributed by atoms with Crippen molar-refractivity contribution in [1.29, 1.82) is 0 Å². The molecular formula is C17H14O4. The maximum Gasteiger partial charge on any atom is 0.336 e. The summed E-state index contributed by atoms with van der Waals surface area (Å²) < 4.78 is 10.2. The van der Waals surface area contributed by atoms with Crippen LogP contribution in [0.4, 0.5) is 0 Å². The lowest BCUT2D eigenvalue weighted by Gasteiger charge is -2.01. The summed E-state index contributed by atoms with van der Waals surface area (Å²) in [5.74, 6) is 0.666. The summed E-state index contributed by atoms with van der Waals surface area (Å²) in [6.45, 7) is 0. The summed E-state index contributed by atoms with van der Waals surface area (Å²) in [5, 5.41) is 0. The highest BCUT2D eigenvalue weighted by molar-refractivity contribution is 5.88. The molecule has 2 aromatic carbocycles. The Balaban J connectivity index is 1.96. The summed E-state index contributed by atoms with van der Waals surface area (Å²) >= 11 is 0. The van der Waals surface area contributed by atoms with Gasteiger partial charge < -0.3 is 9.47 Å². The van der Waals surface area contributed by atoms with Gasteiger partial charge in [0.2, 0.25) is 0 Å². The fourth-order valence-corrected chi connectivity index (χ4v) is 1.64. The molecule has 0 fully saturated rings. The van der Waals surface area contributed by atoms with Crippen molar-refractivity contribution in [3.63, 3.8) is 0 Å². The molecule has 0 unspecified atom stereocenters. The highest BCUT2D eigenvalue weighted by atomic mass is 16.5. The highest BCUT2D eigenvalue weighted by Gasteiger charge is 2.00. The predicted molar refractivity (Wildman–Crippen MR) is 79.5 cm³/mol. The lowest BCUT2D eigenvalue weighted by atomic mass is 10.2. The quantitative estimate of drug-likeness (QED) is 0.366. The van der Waals surface area contributed by atoms with Crippen LogP contribution in [0.15, 0.2) is 54.6 Å². The summed E-state index contributed by atoms with van der Waals surface area (Å²) in [6, 6.07) is 13.6. The third-order valence-electron chi connectivity index (χ3n) is 2.76. The van der Waals surface area contributed by atoms with Gasteiger partial charge in [0.25, 0.3) is 0 Å². The van der Waals surface area contributed by atoms with Gasteiger partial charge in [-0.1, -0.05) is 12.1 Å². The number of esters is 1. The molecule has 0 spiro atoms. The maximum absolute atomic E-state index is 11.7.